The molecule has 0 aliphatic heterocycles. The van der Waals surface area contributed by atoms with Gasteiger partial charge in [0.15, 0.2) is 5.78 Å². The summed E-state index contributed by atoms with van der Waals surface area (Å²) in [4.78, 5) is 77.9. The number of ketones is 1. The van der Waals surface area contributed by atoms with Gasteiger partial charge >= 0.3 is 38.7 Å². The van der Waals surface area contributed by atoms with Crippen LogP contribution in [0, 0.1) is 16.7 Å². The van der Waals surface area contributed by atoms with E-state index in [-0.39, 0.29) is 105 Å². The number of thiol groups is 2. The van der Waals surface area contributed by atoms with Crippen LogP contribution in [0.15, 0.2) is 146 Å². The molecule has 52 heteroatoms. The molecule has 0 spiro atoms. The van der Waals surface area contributed by atoms with Crippen LogP contribution in [0.4, 0.5) is 0 Å². The molecule has 141 heavy (non-hydrogen) atoms. The van der Waals surface area contributed by atoms with Crippen LogP contribution in [0.25, 0.3) is 0 Å². The van der Waals surface area contributed by atoms with Gasteiger partial charge in [0.05, 0.1) is 50.4 Å². The first-order chi connectivity index (χ1) is 63.8. The Morgan fingerprint density at radius 1 is 0.404 bits per heavy atom. The van der Waals surface area contributed by atoms with Crippen LogP contribution < -0.4 is 52.1 Å². The number of esters is 1. The van der Waals surface area contributed by atoms with Gasteiger partial charge < -0.3 is 106 Å². The summed E-state index contributed by atoms with van der Waals surface area (Å²) in [6.45, 7) is 28.5. The van der Waals surface area contributed by atoms with Gasteiger partial charge in [-0.3, -0.25) is 33.6 Å². The minimum absolute atomic E-state index is 0. The number of nitrogens with two attached hydrogens (primary N) is 1. The van der Waals surface area contributed by atoms with Gasteiger partial charge in [0.1, 0.15) is 57.1 Å². The number of carboxylic acid groups (broad SMARTS) is 2. The lowest BCUT2D eigenvalue weighted by Crippen LogP contribution is -2.48. The third kappa shape index (κ3) is 77.3. The Kier molecular flexibility index (Phi) is 80.1. The van der Waals surface area contributed by atoms with Crippen LogP contribution >= 0.6 is 37.0 Å². The second kappa shape index (κ2) is 76.6. The average molecular weight is 2180 g/mol. The molecule has 0 saturated heterocycles. The molecule has 0 radical (unpaired) electrons. The molecule has 0 bridgehead atoms. The fourth-order valence-corrected chi connectivity index (χ4v) is 13.7. The third-order valence-electron chi connectivity index (χ3n) is 16.3. The van der Waals surface area contributed by atoms with Crippen LogP contribution in [0.5, 0.6) is 34.5 Å². The van der Waals surface area contributed by atoms with Crippen molar-refractivity contribution in [2.24, 2.45) is 22.5 Å². The lowest BCUT2D eigenvalue weighted by Gasteiger charge is -2.22. The van der Waals surface area contributed by atoms with E-state index in [1.165, 1.54) is 76.6 Å². The quantitative estimate of drug-likeness (QED) is 0.00740. The second-order valence-corrected chi connectivity index (χ2v) is 38.5. The van der Waals surface area contributed by atoms with Crippen molar-refractivity contribution in [3.63, 3.8) is 0 Å². The molecule has 43 nitrogen and oxygen atoms in total. The number of hydrogen-bond donors (Lipinski definition) is 13. The Labute approximate surface area is 848 Å². The molecule has 6 rings (SSSR count). The molecular weight excluding hydrogens is 2040 g/mol. The summed E-state index contributed by atoms with van der Waals surface area (Å²) in [5.41, 5.74) is 11.2. The Hall–Kier alpha value is -8.96. The zero-order valence-corrected chi connectivity index (χ0v) is 88.0. The summed E-state index contributed by atoms with van der Waals surface area (Å²) in [5.74, 6) is -4.32. The molecule has 2 amide bonds. The van der Waals surface area contributed by atoms with Crippen molar-refractivity contribution in [2.75, 3.05) is 68.0 Å². The number of aliphatic hydroxyl groups excluding tert-OH is 4. The number of carbonyl (C=O) groups excluding carboxylic acids is 5. The Morgan fingerprint density at radius 3 is 0.823 bits per heavy atom. The van der Waals surface area contributed by atoms with Crippen molar-refractivity contribution in [3.8, 4) is 34.5 Å². The minimum Gasteiger partial charge on any atom is -0.716 e. The first kappa shape index (κ1) is 147. The van der Waals surface area contributed by atoms with E-state index >= 15 is 0 Å². The molecular formula is C89H145N5O38S9-4. The number of nitrogens with one attached hydrogen (secondary N) is 4. The molecule has 0 aliphatic carbocycles. The molecule has 0 aromatic heterocycles. The molecule has 0 saturated carbocycles. The van der Waals surface area contributed by atoms with Crippen molar-refractivity contribution in [2.45, 2.75) is 218 Å². The molecule has 0 unspecified atom stereocenters. The number of aryl methyl sites for hydroxylation is 6. The first-order valence-electron chi connectivity index (χ1n) is 41.5. The second-order valence-electron chi connectivity index (χ2n) is 29.9. The number of likely N-dealkylation sites (N-methyl/N-ethyl adjacent to an activating group) is 3. The van der Waals surface area contributed by atoms with Crippen LogP contribution in [-0.4, -0.2) is 249 Å². The number of Topliss-reactive ketones (excluding diaryl/α,β-unsaturated/α-hetero) is 1. The summed E-state index contributed by atoms with van der Waals surface area (Å²) in [6.07, 6.45) is 3.42. The number of thioether (sulfide) groups is 1. The van der Waals surface area contributed by atoms with E-state index in [0.29, 0.717) is 12.4 Å². The van der Waals surface area contributed by atoms with E-state index in [4.69, 9.17) is 47.6 Å². The number of amides is 2. The monoisotopic (exact) mass is 2180 g/mol. The van der Waals surface area contributed by atoms with Gasteiger partial charge in [0.25, 0.3) is 41.6 Å². The largest absolute Gasteiger partial charge is 0.716 e. The van der Waals surface area contributed by atoms with E-state index in [0.717, 1.165) is 97.9 Å². The number of aliphatic carboxylic acids is 2. The maximum Gasteiger partial charge on any atom is 0.449 e. The van der Waals surface area contributed by atoms with Crippen LogP contribution in [0.3, 0.4) is 0 Å². The summed E-state index contributed by atoms with van der Waals surface area (Å²) in [5, 5.41) is 57.2. The molecule has 812 valence electrons. The molecule has 0 aliphatic rings. The predicted molar refractivity (Wildman–Crippen MR) is 540 cm³/mol. The van der Waals surface area contributed by atoms with Crippen molar-refractivity contribution in [1.29, 1.82) is 0 Å². The normalized spacial score (nSPS) is 12.5. The Bertz CT molecular complexity index is 4790. The van der Waals surface area contributed by atoms with Crippen molar-refractivity contribution < 1.29 is 171 Å². The highest BCUT2D eigenvalue weighted by Gasteiger charge is 2.35. The zero-order valence-electron chi connectivity index (χ0n) is 80.5. The SMILES string of the molecule is C.C.C.CCOC(=O)CCSC(=O)[C@@H](NC)[C@@H](C)O.CCc1ccc(OS(=O)(=O)OCC(C)(C)C)cc1.CCc1ccc(OS(=O)(=O)OCC(C)(C)C)cc1.CCc1ccc(OS(=O)(=O)[O-])cc1.CCc1ccc(OS(=O)(=O)[O-])cc1.CCc1ccc(OS(=O)(=O)[O-])cc1.CCc1ccc(OS(=O)(=O)[O-])cc1.CNC(=O)[C@@H](CC(=O)[C@@H](NC)[C@@H](C)O)[C@@H](S)C(=O)O.CNC(=O)[C@@H](N)[C@@H](S)C(=O)O.CO.CO. The fourth-order valence-electron chi connectivity index (χ4n) is 9.24. The minimum atomic E-state index is -4.65. The van der Waals surface area contributed by atoms with Gasteiger partial charge in [-0.15, -0.1) is 0 Å². The zero-order chi connectivity index (χ0) is 108. The highest BCUT2D eigenvalue weighted by Crippen LogP contribution is 2.24. The van der Waals surface area contributed by atoms with Gasteiger partial charge in [-0.2, -0.15) is 42.1 Å². The maximum atomic E-state index is 11.9. The lowest BCUT2D eigenvalue weighted by molar-refractivity contribution is -0.142. The smallest absolute Gasteiger partial charge is 0.449 e. The van der Waals surface area contributed by atoms with Crippen molar-refractivity contribution in [1.82, 2.24) is 21.3 Å². The standard InChI is InChI=1S/2C13H20O4S.C11H20N2O5S.C10H19NO4S.4C8H10O4S.C5H10N2O3S.2CH4O.3CH4/c2*1-5-11-6-8-12(9-7-11)17-18(14,15)16-10-13(2,3)4;1-5(14)8(12-2)7(15)4-6(10(16)13-3)9(19)11(17)18;1-4-15-8(13)5-6-16-10(14)9(11-3)7(2)12;4*1-2-7-3-5-8(6-4-7)12-13(9,10)11;1-7-4(8)2(6)3(11)5(9)10;2*1-2;;;/h2*6-9H,5,10H2,1-4H3;5-6,8-9,12,14,19H,4H2,1-3H3,(H,13,16)(H,17,18);7,9,11-12H,4-6H2,1-3H3;4*3-6H,2H2,1H3,(H,9,10,11);2-3,11H,6H2,1H3,(H,7,8)(H,9,10);2*2H,1H3;3*1H4/p-4/t;;5-,6+,8+,9-;7-,9+;;;;;2-,3+;;;;;/m..11....0...../s1. The Morgan fingerprint density at radius 2 is 0.638 bits per heavy atom. The molecule has 6 aromatic rings. The van der Waals surface area contributed by atoms with E-state index in [1.54, 1.807) is 93.7 Å². The van der Waals surface area contributed by atoms with E-state index in [2.05, 4.69) is 63.3 Å². The van der Waals surface area contributed by atoms with Crippen molar-refractivity contribution >= 4 is 140 Å². The summed E-state index contributed by atoms with van der Waals surface area (Å²) in [7, 11) is -18.7. The van der Waals surface area contributed by atoms with E-state index < -0.39 is 139 Å². The number of aliphatic hydroxyl groups is 4. The molecule has 0 heterocycles. The van der Waals surface area contributed by atoms with Gasteiger partial charge in [-0.1, -0.05) is 190 Å². The summed E-state index contributed by atoms with van der Waals surface area (Å²) in [6, 6.07) is 36.5. The summed E-state index contributed by atoms with van der Waals surface area (Å²) < 4.78 is 209. The lowest BCUT2D eigenvalue weighted by atomic mass is 9.92. The van der Waals surface area contributed by atoms with Crippen LogP contribution in [0.1, 0.15) is 172 Å². The van der Waals surface area contributed by atoms with Gasteiger partial charge in [-0.05, 0) is 190 Å². The molecule has 0 fully saturated rings. The number of hydrogen-bond acceptors (Lipinski definition) is 42. The molecule has 6 aromatic carbocycles. The molecule has 12 N–H and O–H groups in total. The molecule has 8 atom stereocenters. The van der Waals surface area contributed by atoms with E-state index in [9.17, 15) is 112 Å². The summed E-state index contributed by atoms with van der Waals surface area (Å²) >= 11 is 8.50. The predicted octanol–water partition coefficient (Wildman–Crippen LogP) is 8.62. The van der Waals surface area contributed by atoms with E-state index in [1.807, 2.05) is 107 Å². The van der Waals surface area contributed by atoms with Crippen LogP contribution in [-0.2, 0) is 148 Å². The average Bonchev–Trinajstić information content (AvgIpc) is 0.851. The number of carboxylic acids is 2. The number of benzene rings is 6. The van der Waals surface area contributed by atoms with Gasteiger partial charge in [0.2, 0.25) is 16.9 Å². The fraction of sp³-hybridized carbons (Fsp3) is 0.517. The highest BCUT2D eigenvalue weighted by molar-refractivity contribution is 8.13. The van der Waals surface area contributed by atoms with Gasteiger partial charge in [-0.25, -0.2) is 42.0 Å². The van der Waals surface area contributed by atoms with Crippen molar-refractivity contribution in [3.05, 3.63) is 179 Å². The number of carbonyl (C=O) groups is 7. The Balaban J connectivity index is -0.000000234. The maximum absolute atomic E-state index is 11.9. The number of ether oxygens (including phenoxy) is 1. The third-order valence-corrected chi connectivity index (χ3v) is 21.5. The first-order valence-corrected chi connectivity index (χ1v) is 51.6. The number of rotatable bonds is 40. The highest BCUT2D eigenvalue weighted by atomic mass is 32.3. The topological polar surface area (TPSA) is 695 Å². The van der Waals surface area contributed by atoms with Gasteiger partial charge in [0, 0.05) is 40.5 Å². The van der Waals surface area contributed by atoms with Crippen LogP contribution in [0.2, 0.25) is 0 Å².